The van der Waals surface area contributed by atoms with Crippen molar-refractivity contribution in [3.63, 3.8) is 0 Å². The molecular weight excluding hydrogens is 420 g/mol. The Morgan fingerprint density at radius 3 is 2.55 bits per heavy atom. The lowest BCUT2D eigenvalue weighted by molar-refractivity contribution is -0.137. The van der Waals surface area contributed by atoms with E-state index in [-0.39, 0.29) is 18.9 Å². The van der Waals surface area contributed by atoms with Crippen LogP contribution >= 0.6 is 0 Å². The van der Waals surface area contributed by atoms with Gasteiger partial charge >= 0.3 is 5.97 Å². The lowest BCUT2D eigenvalue weighted by atomic mass is 9.97. The molecule has 2 atom stereocenters. The van der Waals surface area contributed by atoms with Crippen molar-refractivity contribution in [3.8, 4) is 11.8 Å². The number of hydrogen-bond acceptors (Lipinski definition) is 6. The number of nitrogens with one attached hydrogen (secondary N) is 1. The molecule has 2 N–H and O–H groups in total. The van der Waals surface area contributed by atoms with Crippen molar-refractivity contribution >= 4 is 11.7 Å². The highest BCUT2D eigenvalue weighted by molar-refractivity contribution is 5.99. The van der Waals surface area contributed by atoms with Crippen LogP contribution in [0.15, 0.2) is 78.3 Å². The van der Waals surface area contributed by atoms with E-state index in [0.29, 0.717) is 41.6 Å². The summed E-state index contributed by atoms with van der Waals surface area (Å²) in [5, 5.41) is 26.3. The second-order valence-electron chi connectivity index (χ2n) is 7.61. The number of allylic oxidation sites excluding steroid dienone is 2. The van der Waals surface area contributed by atoms with Crippen molar-refractivity contribution in [2.45, 2.75) is 18.8 Å². The molecule has 7 nitrogen and oxygen atoms in total. The summed E-state index contributed by atoms with van der Waals surface area (Å²) in [6.07, 6.45) is 4.22. The van der Waals surface area contributed by atoms with Gasteiger partial charge in [0.2, 0.25) is 0 Å². The molecule has 0 saturated heterocycles. The molecular formula is C26H26N2O5. The van der Waals surface area contributed by atoms with Gasteiger partial charge in [0.25, 0.3) is 0 Å². The molecule has 3 rings (SSSR count). The van der Waals surface area contributed by atoms with Gasteiger partial charge < -0.3 is 24.7 Å². The van der Waals surface area contributed by atoms with E-state index in [2.05, 4.69) is 0 Å². The normalized spacial score (nSPS) is 15.9. The van der Waals surface area contributed by atoms with E-state index in [9.17, 15) is 10.1 Å². The topological polar surface area (TPSA) is 113 Å². The van der Waals surface area contributed by atoms with E-state index in [1.807, 2.05) is 48.6 Å². The monoisotopic (exact) mass is 446 g/mol. The first-order chi connectivity index (χ1) is 16.0. The number of hydrogen-bond donors (Lipinski definition) is 2. The van der Waals surface area contributed by atoms with Crippen molar-refractivity contribution in [1.82, 2.24) is 0 Å². The first-order valence-corrected chi connectivity index (χ1v) is 10.5. The minimum absolute atomic E-state index is 0.0828. The molecule has 2 unspecified atom stereocenters. The number of carbonyl (C=O) groups is 1. The van der Waals surface area contributed by atoms with Gasteiger partial charge in [-0.3, -0.25) is 4.79 Å². The Morgan fingerprint density at radius 2 is 1.91 bits per heavy atom. The molecule has 2 aromatic rings. The molecule has 0 amide bonds. The Balaban J connectivity index is 1.52. The number of aliphatic carboxylic acids is 1. The Hall–Kier alpha value is -4.05. The maximum Gasteiger partial charge on any atom is 0.305 e. The highest BCUT2D eigenvalue weighted by atomic mass is 16.5. The van der Waals surface area contributed by atoms with Crippen molar-refractivity contribution in [2.75, 3.05) is 20.3 Å². The highest BCUT2D eigenvalue weighted by Crippen LogP contribution is 2.27. The number of methoxy groups -OCH3 is 1. The molecule has 0 fully saturated rings. The second-order valence-corrected chi connectivity index (χ2v) is 7.61. The van der Waals surface area contributed by atoms with Crippen molar-refractivity contribution in [3.05, 3.63) is 89.4 Å². The van der Waals surface area contributed by atoms with Gasteiger partial charge in [0.15, 0.2) is 5.76 Å². The van der Waals surface area contributed by atoms with Gasteiger partial charge in [0.05, 0.1) is 37.8 Å². The van der Waals surface area contributed by atoms with E-state index in [4.69, 9.17) is 24.7 Å². The molecule has 2 aromatic carbocycles. The molecule has 0 spiro atoms. The third-order valence-electron chi connectivity index (χ3n) is 5.26. The van der Waals surface area contributed by atoms with Gasteiger partial charge in [-0.05, 0) is 29.3 Å². The van der Waals surface area contributed by atoms with Crippen LogP contribution in [-0.2, 0) is 14.3 Å². The number of carboxylic acid groups (broad SMARTS) is 1. The summed E-state index contributed by atoms with van der Waals surface area (Å²) in [6.45, 7) is 0.572. The summed E-state index contributed by atoms with van der Waals surface area (Å²) in [5.74, 6) is 0.342. The summed E-state index contributed by atoms with van der Waals surface area (Å²) in [4.78, 5) is 10.9. The zero-order chi connectivity index (χ0) is 23.6. The molecule has 0 saturated carbocycles. The smallest absolute Gasteiger partial charge is 0.305 e. The van der Waals surface area contributed by atoms with Crippen molar-refractivity contribution in [2.24, 2.45) is 5.92 Å². The van der Waals surface area contributed by atoms with Gasteiger partial charge in [-0.2, -0.15) is 5.26 Å². The van der Waals surface area contributed by atoms with Crippen LogP contribution in [0.3, 0.4) is 0 Å². The van der Waals surface area contributed by atoms with Gasteiger partial charge in [0, 0.05) is 12.3 Å². The molecule has 0 radical (unpaired) electrons. The molecule has 0 bridgehead atoms. The number of benzene rings is 2. The van der Waals surface area contributed by atoms with E-state index in [1.165, 1.54) is 0 Å². The van der Waals surface area contributed by atoms with Crippen LogP contribution in [0.1, 0.15) is 29.9 Å². The SMILES string of the molecule is COC1=C(OCC(=N)c2ccccc2)C=CC(COc2ccc(C(C#N)CC(=O)O)cc2)C1. The zero-order valence-electron chi connectivity index (χ0n) is 18.4. The van der Waals surface area contributed by atoms with E-state index < -0.39 is 11.9 Å². The largest absolute Gasteiger partial charge is 0.497 e. The predicted octanol–water partition coefficient (Wildman–Crippen LogP) is 4.67. The molecule has 7 heteroatoms. The quantitative estimate of drug-likeness (QED) is 0.485. The van der Waals surface area contributed by atoms with Crippen molar-refractivity contribution in [1.29, 1.82) is 10.7 Å². The van der Waals surface area contributed by atoms with Crippen LogP contribution in [0.5, 0.6) is 5.75 Å². The predicted molar refractivity (Wildman–Crippen MR) is 123 cm³/mol. The van der Waals surface area contributed by atoms with E-state index in [1.54, 1.807) is 31.4 Å². The fraction of sp³-hybridized carbons (Fsp3) is 0.269. The van der Waals surface area contributed by atoms with Gasteiger partial charge in [0.1, 0.15) is 18.1 Å². The first-order valence-electron chi connectivity index (χ1n) is 10.5. The number of ether oxygens (including phenoxy) is 3. The van der Waals surface area contributed by atoms with Crippen LogP contribution in [0, 0.1) is 22.7 Å². The highest BCUT2D eigenvalue weighted by Gasteiger charge is 2.20. The van der Waals surface area contributed by atoms with Crippen LogP contribution in [0.25, 0.3) is 0 Å². The van der Waals surface area contributed by atoms with Gasteiger partial charge in [-0.1, -0.05) is 48.5 Å². The maximum absolute atomic E-state index is 10.9. The Morgan fingerprint density at radius 1 is 1.18 bits per heavy atom. The minimum atomic E-state index is -1.01. The summed E-state index contributed by atoms with van der Waals surface area (Å²) < 4.78 is 17.2. The number of rotatable bonds is 11. The summed E-state index contributed by atoms with van der Waals surface area (Å²) in [7, 11) is 1.60. The van der Waals surface area contributed by atoms with Crippen LogP contribution in [-0.4, -0.2) is 37.1 Å². The van der Waals surface area contributed by atoms with E-state index >= 15 is 0 Å². The lowest BCUT2D eigenvalue weighted by Gasteiger charge is -2.22. The van der Waals surface area contributed by atoms with Crippen LogP contribution in [0.2, 0.25) is 0 Å². The van der Waals surface area contributed by atoms with Gasteiger partial charge in [-0.15, -0.1) is 0 Å². The average Bonchev–Trinajstić information content (AvgIpc) is 2.85. The summed E-state index contributed by atoms with van der Waals surface area (Å²) in [5.41, 5.74) is 1.86. The number of carboxylic acids is 1. The molecule has 170 valence electrons. The summed E-state index contributed by atoms with van der Waals surface area (Å²) in [6, 6.07) is 18.4. The molecule has 0 aromatic heterocycles. The third-order valence-corrected chi connectivity index (χ3v) is 5.26. The molecule has 1 aliphatic carbocycles. The Bertz CT molecular complexity index is 1070. The third kappa shape index (κ3) is 6.71. The standard InChI is InChI=1S/C26H26N2O5/c1-31-25-13-18(7-12-24(25)33-17-23(28)20-5-3-2-4-6-20)16-32-22-10-8-19(9-11-22)21(15-27)14-26(29)30/h2-12,18,21,28H,13-14,16-17H2,1H3,(H,29,30). The fourth-order valence-corrected chi connectivity index (χ4v) is 3.44. The summed E-state index contributed by atoms with van der Waals surface area (Å²) >= 11 is 0. The van der Waals surface area contributed by atoms with Gasteiger partial charge in [-0.25, -0.2) is 0 Å². The zero-order valence-corrected chi connectivity index (χ0v) is 18.4. The number of nitriles is 1. The molecule has 1 aliphatic rings. The average molecular weight is 447 g/mol. The number of nitrogens with zero attached hydrogens (tertiary/aromatic N) is 1. The van der Waals surface area contributed by atoms with E-state index in [0.717, 1.165) is 5.56 Å². The molecule has 0 aliphatic heterocycles. The van der Waals surface area contributed by atoms with Crippen molar-refractivity contribution < 1.29 is 24.1 Å². The lowest BCUT2D eigenvalue weighted by Crippen LogP contribution is -2.17. The second kappa shape index (κ2) is 11.5. The Labute approximate surface area is 193 Å². The maximum atomic E-state index is 10.9. The molecule has 0 heterocycles. The fourth-order valence-electron chi connectivity index (χ4n) is 3.44. The first kappa shape index (κ1) is 23.6. The van der Waals surface area contributed by atoms with Crippen LogP contribution in [0.4, 0.5) is 0 Å². The molecule has 33 heavy (non-hydrogen) atoms. The van der Waals surface area contributed by atoms with Crippen LogP contribution < -0.4 is 4.74 Å². The minimum Gasteiger partial charge on any atom is -0.497 e. The Kier molecular flexibility index (Phi) is 8.25.